The van der Waals surface area contributed by atoms with Crippen LogP contribution in [0.4, 0.5) is 0 Å². The number of nitrogens with one attached hydrogen (secondary N) is 1. The second kappa shape index (κ2) is 4.35. The minimum Gasteiger partial charge on any atom is -0.461 e. The van der Waals surface area contributed by atoms with Crippen molar-refractivity contribution in [3.8, 4) is 0 Å². The number of halogens is 1. The summed E-state index contributed by atoms with van der Waals surface area (Å²) in [5.41, 5.74) is 1.39. The van der Waals surface area contributed by atoms with Crippen molar-refractivity contribution < 1.29 is 9.53 Å². The molecule has 0 amide bonds. The van der Waals surface area contributed by atoms with Gasteiger partial charge >= 0.3 is 5.97 Å². The minimum atomic E-state index is -0.369. The molecule has 0 aliphatic heterocycles. The van der Waals surface area contributed by atoms with E-state index >= 15 is 0 Å². The highest BCUT2D eigenvalue weighted by Gasteiger charge is 2.27. The van der Waals surface area contributed by atoms with Gasteiger partial charge in [-0.05, 0) is 35.7 Å². The van der Waals surface area contributed by atoms with Gasteiger partial charge in [-0.25, -0.2) is 4.79 Å². The third-order valence-corrected chi connectivity index (χ3v) is 3.52. The molecule has 5 heteroatoms. The Morgan fingerprint density at radius 1 is 1.67 bits per heavy atom. The van der Waals surface area contributed by atoms with Crippen LogP contribution >= 0.6 is 15.9 Å². The lowest BCUT2D eigenvalue weighted by Gasteiger charge is -2.24. The molecule has 1 aliphatic rings. The average molecular weight is 273 g/mol. The van der Waals surface area contributed by atoms with Crippen LogP contribution in [-0.2, 0) is 4.74 Å². The van der Waals surface area contributed by atoms with Crippen LogP contribution in [0.1, 0.15) is 48.3 Å². The molecule has 15 heavy (non-hydrogen) atoms. The van der Waals surface area contributed by atoms with E-state index < -0.39 is 0 Å². The molecule has 1 saturated carbocycles. The number of carbonyl (C=O) groups excluding carboxylic acids is 1. The minimum absolute atomic E-state index is 0.360. The van der Waals surface area contributed by atoms with E-state index in [4.69, 9.17) is 4.74 Å². The third kappa shape index (κ3) is 1.93. The maximum absolute atomic E-state index is 11.5. The second-order valence-corrected chi connectivity index (χ2v) is 4.44. The number of aromatic amines is 1. The second-order valence-electron chi connectivity index (χ2n) is 3.65. The Hall–Kier alpha value is -0.840. The topological polar surface area (TPSA) is 55.0 Å². The van der Waals surface area contributed by atoms with E-state index in [9.17, 15) is 4.79 Å². The molecule has 82 valence electrons. The SMILES string of the molecule is CCOC(=O)c1n[nH]c(C2CCC2)c1Br. The first-order valence-corrected chi connectivity index (χ1v) is 5.94. The van der Waals surface area contributed by atoms with Crippen molar-refractivity contribution >= 4 is 21.9 Å². The van der Waals surface area contributed by atoms with Crippen molar-refractivity contribution in [1.29, 1.82) is 0 Å². The van der Waals surface area contributed by atoms with E-state index in [1.54, 1.807) is 6.92 Å². The predicted molar refractivity (Wildman–Crippen MR) is 58.8 cm³/mol. The smallest absolute Gasteiger partial charge is 0.360 e. The number of hydrogen-bond donors (Lipinski definition) is 1. The highest BCUT2D eigenvalue weighted by Crippen LogP contribution is 2.39. The molecule has 0 saturated heterocycles. The van der Waals surface area contributed by atoms with E-state index in [-0.39, 0.29) is 5.97 Å². The van der Waals surface area contributed by atoms with Crippen LogP contribution in [0, 0.1) is 0 Å². The summed E-state index contributed by atoms with van der Waals surface area (Å²) in [5, 5.41) is 6.91. The van der Waals surface area contributed by atoms with Crippen molar-refractivity contribution in [2.75, 3.05) is 6.61 Å². The van der Waals surface area contributed by atoms with Gasteiger partial charge in [0.05, 0.1) is 16.8 Å². The van der Waals surface area contributed by atoms with E-state index in [0.29, 0.717) is 18.2 Å². The molecular formula is C10H13BrN2O2. The molecule has 2 rings (SSSR count). The van der Waals surface area contributed by atoms with Gasteiger partial charge < -0.3 is 4.74 Å². The van der Waals surface area contributed by atoms with Gasteiger partial charge in [0.25, 0.3) is 0 Å². The molecule has 4 nitrogen and oxygen atoms in total. The van der Waals surface area contributed by atoms with Crippen molar-refractivity contribution in [2.24, 2.45) is 0 Å². The van der Waals surface area contributed by atoms with Gasteiger partial charge in [-0.15, -0.1) is 0 Å². The summed E-state index contributed by atoms with van der Waals surface area (Å²) < 4.78 is 5.67. The Labute approximate surface area is 96.5 Å². The molecule has 1 aromatic heterocycles. The van der Waals surface area contributed by atoms with Crippen LogP contribution in [0.2, 0.25) is 0 Å². The van der Waals surface area contributed by atoms with Crippen LogP contribution in [0.25, 0.3) is 0 Å². The first kappa shape index (κ1) is 10.7. The molecule has 0 unspecified atom stereocenters. The molecule has 0 atom stereocenters. The van der Waals surface area contributed by atoms with Gasteiger partial charge in [0.2, 0.25) is 0 Å². The molecule has 0 bridgehead atoms. The Balaban J connectivity index is 2.19. The first-order valence-electron chi connectivity index (χ1n) is 5.15. The number of esters is 1. The Kier molecular flexibility index (Phi) is 3.09. The van der Waals surface area contributed by atoms with Gasteiger partial charge in [-0.1, -0.05) is 6.42 Å². The molecule has 1 aliphatic carbocycles. The van der Waals surface area contributed by atoms with Gasteiger partial charge in [0.15, 0.2) is 5.69 Å². The van der Waals surface area contributed by atoms with E-state index in [1.807, 2.05) is 0 Å². The highest BCUT2D eigenvalue weighted by atomic mass is 79.9. The standard InChI is InChI=1S/C10H13BrN2O2/c1-2-15-10(14)9-7(11)8(12-13-9)6-4-3-5-6/h6H,2-5H2,1H3,(H,12,13). The molecule has 1 N–H and O–H groups in total. The van der Waals surface area contributed by atoms with Gasteiger partial charge in [0.1, 0.15) is 0 Å². The maximum atomic E-state index is 11.5. The normalized spacial score (nSPS) is 16.1. The molecule has 1 fully saturated rings. The Morgan fingerprint density at radius 3 is 2.93 bits per heavy atom. The quantitative estimate of drug-likeness (QED) is 0.861. The fraction of sp³-hybridized carbons (Fsp3) is 0.600. The van der Waals surface area contributed by atoms with E-state index in [0.717, 1.165) is 10.2 Å². The summed E-state index contributed by atoms with van der Waals surface area (Å²) >= 11 is 3.40. The van der Waals surface area contributed by atoms with Crippen LogP contribution in [-0.4, -0.2) is 22.8 Å². The predicted octanol–water partition coefficient (Wildman–Crippen LogP) is 2.62. The lowest BCUT2D eigenvalue weighted by Crippen LogP contribution is -2.10. The van der Waals surface area contributed by atoms with Crippen LogP contribution in [0.5, 0.6) is 0 Å². The summed E-state index contributed by atoms with van der Waals surface area (Å²) in [6.07, 6.45) is 3.59. The number of carbonyl (C=O) groups is 1. The van der Waals surface area contributed by atoms with E-state index in [1.165, 1.54) is 19.3 Å². The zero-order valence-corrected chi connectivity index (χ0v) is 10.1. The number of hydrogen-bond acceptors (Lipinski definition) is 3. The third-order valence-electron chi connectivity index (χ3n) is 2.71. The molecule has 0 radical (unpaired) electrons. The number of ether oxygens (including phenoxy) is 1. The number of aromatic nitrogens is 2. The highest BCUT2D eigenvalue weighted by molar-refractivity contribution is 9.10. The van der Waals surface area contributed by atoms with Crippen molar-refractivity contribution in [3.05, 3.63) is 15.9 Å². The van der Waals surface area contributed by atoms with E-state index in [2.05, 4.69) is 26.1 Å². The monoisotopic (exact) mass is 272 g/mol. The van der Waals surface area contributed by atoms with Gasteiger partial charge in [-0.2, -0.15) is 5.10 Å². The molecule has 1 heterocycles. The fourth-order valence-electron chi connectivity index (χ4n) is 1.64. The first-order chi connectivity index (χ1) is 7.24. The van der Waals surface area contributed by atoms with Crippen LogP contribution < -0.4 is 0 Å². The lowest BCUT2D eigenvalue weighted by atomic mass is 9.83. The zero-order valence-electron chi connectivity index (χ0n) is 8.55. The summed E-state index contributed by atoms with van der Waals surface area (Å²) in [6, 6.07) is 0. The molecule has 0 aromatic carbocycles. The number of rotatable bonds is 3. The summed E-state index contributed by atoms with van der Waals surface area (Å²) in [7, 11) is 0. The molecule has 1 aromatic rings. The van der Waals surface area contributed by atoms with Crippen molar-refractivity contribution in [2.45, 2.75) is 32.1 Å². The van der Waals surface area contributed by atoms with Crippen LogP contribution in [0.3, 0.4) is 0 Å². The van der Waals surface area contributed by atoms with Crippen LogP contribution in [0.15, 0.2) is 4.47 Å². The zero-order chi connectivity index (χ0) is 10.8. The van der Waals surface area contributed by atoms with Gasteiger partial charge in [-0.3, -0.25) is 5.10 Å². The summed E-state index contributed by atoms with van der Waals surface area (Å²) in [5.74, 6) is 0.154. The number of nitrogens with zero attached hydrogens (tertiary/aromatic N) is 1. The van der Waals surface area contributed by atoms with Crippen molar-refractivity contribution in [3.63, 3.8) is 0 Å². The maximum Gasteiger partial charge on any atom is 0.360 e. The Bertz CT molecular complexity index is 371. The summed E-state index contributed by atoms with van der Waals surface area (Å²) in [6.45, 7) is 2.15. The molecule has 0 spiro atoms. The van der Waals surface area contributed by atoms with Gasteiger partial charge in [0, 0.05) is 5.92 Å². The summed E-state index contributed by atoms with van der Waals surface area (Å²) in [4.78, 5) is 11.5. The van der Waals surface area contributed by atoms with Crippen molar-refractivity contribution in [1.82, 2.24) is 10.2 Å². The average Bonchev–Trinajstić information content (AvgIpc) is 2.46. The fourth-order valence-corrected chi connectivity index (χ4v) is 2.31. The lowest BCUT2D eigenvalue weighted by molar-refractivity contribution is 0.0518. The molecular weight excluding hydrogens is 260 g/mol. The Morgan fingerprint density at radius 2 is 2.40 bits per heavy atom. The largest absolute Gasteiger partial charge is 0.461 e. The number of H-pyrrole nitrogens is 1.